The first-order valence-corrected chi connectivity index (χ1v) is 14.7. The normalized spacial score (nSPS) is 16.6. The summed E-state index contributed by atoms with van der Waals surface area (Å²) in [6, 6.07) is 13.8. The molecule has 3 N–H and O–H groups in total. The molecule has 10 heteroatoms. The molecule has 0 spiro atoms. The van der Waals surface area contributed by atoms with Crippen LogP contribution < -0.4 is 15.4 Å². The zero-order valence-electron chi connectivity index (χ0n) is 23.4. The molecule has 0 bridgehead atoms. The van der Waals surface area contributed by atoms with Gasteiger partial charge in [0.15, 0.2) is 10.8 Å². The van der Waals surface area contributed by atoms with Crippen molar-refractivity contribution in [2.45, 2.75) is 45.6 Å². The van der Waals surface area contributed by atoms with Crippen molar-refractivity contribution in [2.24, 2.45) is 17.8 Å². The minimum absolute atomic E-state index is 0.0227. The number of ether oxygens (including phenoxy) is 1. The fraction of sp³-hybridized carbons (Fsp3) is 0.387. The van der Waals surface area contributed by atoms with E-state index >= 15 is 0 Å². The summed E-state index contributed by atoms with van der Waals surface area (Å²) in [6.45, 7) is 4.52. The lowest BCUT2D eigenvalue weighted by Gasteiger charge is -2.23. The molecule has 2 aromatic carbocycles. The number of carbonyl (C=O) groups is 4. The number of aromatic nitrogens is 2. The maximum atomic E-state index is 13.7. The number of methoxy groups -OCH3 is 1. The van der Waals surface area contributed by atoms with Crippen LogP contribution in [0.25, 0.3) is 21.1 Å². The second kappa shape index (κ2) is 12.2. The molecule has 0 aliphatic carbocycles. The van der Waals surface area contributed by atoms with Gasteiger partial charge in [-0.3, -0.25) is 19.2 Å². The van der Waals surface area contributed by atoms with Crippen molar-refractivity contribution < 1.29 is 23.9 Å². The lowest BCUT2D eigenvalue weighted by molar-refractivity contribution is -0.127. The summed E-state index contributed by atoms with van der Waals surface area (Å²) in [6.07, 6.45) is 1.21. The maximum Gasteiger partial charge on any atom is 0.224 e. The third kappa shape index (κ3) is 6.32. The summed E-state index contributed by atoms with van der Waals surface area (Å²) < 4.78 is 6.29. The number of ketones is 2. The third-order valence-electron chi connectivity index (χ3n) is 7.52. The molecule has 4 aromatic rings. The van der Waals surface area contributed by atoms with Gasteiger partial charge in [0.25, 0.3) is 0 Å². The van der Waals surface area contributed by atoms with Gasteiger partial charge in [0.1, 0.15) is 5.75 Å². The highest BCUT2D eigenvalue weighted by atomic mass is 32.1. The largest absolute Gasteiger partial charge is 0.496 e. The molecule has 1 aliphatic heterocycles. The van der Waals surface area contributed by atoms with E-state index in [-0.39, 0.29) is 48.1 Å². The summed E-state index contributed by atoms with van der Waals surface area (Å²) in [5.41, 5.74) is 1.88. The van der Waals surface area contributed by atoms with E-state index in [4.69, 9.17) is 4.74 Å². The zero-order chi connectivity index (χ0) is 29.1. The van der Waals surface area contributed by atoms with Crippen molar-refractivity contribution in [3.05, 3.63) is 59.2 Å². The Morgan fingerprint density at radius 3 is 2.66 bits per heavy atom. The van der Waals surface area contributed by atoms with Crippen molar-refractivity contribution in [1.29, 1.82) is 0 Å². The van der Waals surface area contributed by atoms with Crippen LogP contribution in [0.3, 0.4) is 0 Å². The van der Waals surface area contributed by atoms with Gasteiger partial charge in [-0.25, -0.2) is 4.98 Å². The number of Topliss-reactive ketones (excluding diaryl/α,β-unsaturated/α-hetero) is 2. The Morgan fingerprint density at radius 2 is 1.95 bits per heavy atom. The van der Waals surface area contributed by atoms with Crippen LogP contribution in [-0.2, 0) is 9.59 Å². The number of hydrogen-bond acceptors (Lipinski definition) is 7. The van der Waals surface area contributed by atoms with Crippen LogP contribution in [0.1, 0.15) is 59.8 Å². The molecule has 2 unspecified atom stereocenters. The number of aromatic amines is 1. The minimum atomic E-state index is -0.931. The first kappa shape index (κ1) is 28.5. The van der Waals surface area contributed by atoms with E-state index in [2.05, 4.69) is 20.6 Å². The fourth-order valence-electron chi connectivity index (χ4n) is 5.44. The highest BCUT2D eigenvalue weighted by molar-refractivity contribution is 7.20. The number of hydrogen-bond donors (Lipinski definition) is 3. The van der Waals surface area contributed by atoms with Gasteiger partial charge in [-0.15, -0.1) is 11.3 Å². The number of thiazole rings is 1. The van der Waals surface area contributed by atoms with Crippen molar-refractivity contribution in [2.75, 3.05) is 13.7 Å². The summed E-state index contributed by atoms with van der Waals surface area (Å²) in [7, 11) is 1.58. The van der Waals surface area contributed by atoms with Crippen LogP contribution in [0.5, 0.6) is 5.75 Å². The van der Waals surface area contributed by atoms with Gasteiger partial charge < -0.3 is 20.4 Å². The standard InChI is InChI=1S/C31H34N4O5S/c1-17(2)13-19(15-25(36)23-16-20-21(33-23)8-6-9-26(20)40-3)30(39)34-24(14-18-11-12-32-29(18)38)28(37)31-35-22-7-4-5-10-27(22)41-31/h4-10,16-19,24,33H,11-15H2,1-3H3,(H,32,38)(H,34,39)/t18?,19-,24?/m1/s1. The quantitative estimate of drug-likeness (QED) is 0.206. The Bertz CT molecular complexity index is 1570. The molecule has 41 heavy (non-hydrogen) atoms. The lowest BCUT2D eigenvalue weighted by atomic mass is 9.89. The number of amides is 2. The van der Waals surface area contributed by atoms with Crippen LogP contribution in [-0.4, -0.2) is 53.0 Å². The van der Waals surface area contributed by atoms with Gasteiger partial charge in [-0.05, 0) is 55.5 Å². The predicted octanol–water partition coefficient (Wildman–Crippen LogP) is 4.92. The van der Waals surface area contributed by atoms with E-state index in [1.54, 1.807) is 13.2 Å². The van der Waals surface area contributed by atoms with Crippen LogP contribution in [0, 0.1) is 17.8 Å². The van der Waals surface area contributed by atoms with E-state index in [1.807, 2.05) is 56.3 Å². The van der Waals surface area contributed by atoms with E-state index in [1.165, 1.54) is 11.3 Å². The highest BCUT2D eigenvalue weighted by Crippen LogP contribution is 2.29. The summed E-state index contributed by atoms with van der Waals surface area (Å²) >= 11 is 1.27. The van der Waals surface area contributed by atoms with E-state index in [0.717, 1.165) is 15.6 Å². The number of para-hydroxylation sites is 1. The Balaban J connectivity index is 1.38. The van der Waals surface area contributed by atoms with Gasteiger partial charge in [0.05, 0.1) is 29.1 Å². The van der Waals surface area contributed by atoms with E-state index < -0.39 is 12.0 Å². The Labute approximate surface area is 242 Å². The van der Waals surface area contributed by atoms with Crippen molar-refractivity contribution >= 4 is 55.8 Å². The molecule has 1 fully saturated rings. The zero-order valence-corrected chi connectivity index (χ0v) is 24.2. The molecule has 3 atom stereocenters. The van der Waals surface area contributed by atoms with Crippen molar-refractivity contribution in [3.63, 3.8) is 0 Å². The number of fused-ring (bicyclic) bond motifs is 2. The van der Waals surface area contributed by atoms with Crippen molar-refractivity contribution in [1.82, 2.24) is 20.6 Å². The summed E-state index contributed by atoms with van der Waals surface area (Å²) in [5.74, 6) is -1.27. The van der Waals surface area contributed by atoms with Crippen molar-refractivity contribution in [3.8, 4) is 5.75 Å². The monoisotopic (exact) mass is 574 g/mol. The van der Waals surface area contributed by atoms with Gasteiger partial charge in [0, 0.05) is 35.7 Å². The maximum absolute atomic E-state index is 13.7. The fourth-order valence-corrected chi connectivity index (χ4v) is 6.40. The average molecular weight is 575 g/mol. The molecular formula is C31H34N4O5S. The topological polar surface area (TPSA) is 130 Å². The molecule has 3 heterocycles. The Morgan fingerprint density at radius 1 is 1.15 bits per heavy atom. The Hall–Kier alpha value is -4.05. The van der Waals surface area contributed by atoms with Crippen LogP contribution in [0.2, 0.25) is 0 Å². The summed E-state index contributed by atoms with van der Waals surface area (Å²) in [4.78, 5) is 60.9. The van der Waals surface area contributed by atoms with E-state index in [0.29, 0.717) is 41.4 Å². The van der Waals surface area contributed by atoms with Gasteiger partial charge in [-0.2, -0.15) is 0 Å². The number of nitrogens with one attached hydrogen (secondary N) is 3. The number of nitrogens with zero attached hydrogens (tertiary/aromatic N) is 1. The minimum Gasteiger partial charge on any atom is -0.496 e. The molecule has 1 aliphatic rings. The van der Waals surface area contributed by atoms with Crippen LogP contribution in [0.15, 0.2) is 48.5 Å². The number of rotatable bonds is 12. The molecular weight excluding hydrogens is 540 g/mol. The van der Waals surface area contributed by atoms with Gasteiger partial charge in [-0.1, -0.05) is 32.0 Å². The molecule has 9 nitrogen and oxygen atoms in total. The number of H-pyrrole nitrogens is 1. The van der Waals surface area contributed by atoms with Gasteiger partial charge in [0.2, 0.25) is 17.6 Å². The second-order valence-electron chi connectivity index (χ2n) is 11.0. The van der Waals surface area contributed by atoms with Crippen LogP contribution in [0.4, 0.5) is 0 Å². The smallest absolute Gasteiger partial charge is 0.224 e. The Kier molecular flexibility index (Phi) is 8.49. The summed E-state index contributed by atoms with van der Waals surface area (Å²) in [5, 5.41) is 6.82. The number of benzene rings is 2. The molecule has 214 valence electrons. The SMILES string of the molecule is COc1cccc2[nH]c(C(=O)C[C@@H](CC(C)C)C(=O)NC(CC3CCNC3=O)C(=O)c3nc4ccccc4s3)cc12. The number of carbonyl (C=O) groups excluding carboxylic acids is 4. The molecule has 0 radical (unpaired) electrons. The molecule has 0 saturated carbocycles. The first-order valence-electron chi connectivity index (χ1n) is 13.9. The molecule has 2 amide bonds. The average Bonchev–Trinajstić information content (AvgIpc) is 3.69. The van der Waals surface area contributed by atoms with Crippen LogP contribution >= 0.6 is 11.3 Å². The molecule has 1 saturated heterocycles. The van der Waals surface area contributed by atoms with E-state index in [9.17, 15) is 19.2 Å². The van der Waals surface area contributed by atoms with Gasteiger partial charge >= 0.3 is 0 Å². The molecule has 5 rings (SSSR count). The first-order chi connectivity index (χ1) is 19.7. The lowest BCUT2D eigenvalue weighted by Crippen LogP contribution is -2.46. The second-order valence-corrected chi connectivity index (χ2v) is 12.0. The highest BCUT2D eigenvalue weighted by Gasteiger charge is 2.35. The third-order valence-corrected chi connectivity index (χ3v) is 8.57. The predicted molar refractivity (Wildman–Crippen MR) is 158 cm³/mol. The molecule has 2 aromatic heterocycles.